The quantitative estimate of drug-likeness (QED) is 0.820. The highest BCUT2D eigenvalue weighted by Gasteiger charge is 2.18. The molecule has 0 fully saturated rings. The van der Waals surface area contributed by atoms with Crippen LogP contribution in [0.5, 0.6) is 0 Å². The third kappa shape index (κ3) is 3.35. The molecule has 104 valence electrons. The topological polar surface area (TPSA) is 25.2 Å². The summed E-state index contributed by atoms with van der Waals surface area (Å²) in [6, 6.07) is 6.81. The first-order valence-corrected chi connectivity index (χ1v) is 7.06. The molecule has 0 radical (unpaired) electrons. The highest BCUT2D eigenvalue weighted by molar-refractivity contribution is 5.78. The van der Waals surface area contributed by atoms with Gasteiger partial charge in [-0.1, -0.05) is 27.2 Å². The van der Waals surface area contributed by atoms with Crippen LogP contribution in [-0.4, -0.2) is 6.54 Å². The summed E-state index contributed by atoms with van der Waals surface area (Å²) in [5, 5.41) is 4.29. The van der Waals surface area contributed by atoms with E-state index in [0.29, 0.717) is 5.92 Å². The van der Waals surface area contributed by atoms with Crippen LogP contribution in [0.4, 0.5) is 4.39 Å². The van der Waals surface area contributed by atoms with Gasteiger partial charge in [-0.25, -0.2) is 4.39 Å². The Balaban J connectivity index is 2.27. The first-order valence-electron chi connectivity index (χ1n) is 7.06. The number of hydrogen-bond acceptors (Lipinski definition) is 2. The Morgan fingerprint density at radius 3 is 2.74 bits per heavy atom. The van der Waals surface area contributed by atoms with Crippen LogP contribution in [0, 0.1) is 11.7 Å². The first kappa shape index (κ1) is 14.1. The summed E-state index contributed by atoms with van der Waals surface area (Å²) >= 11 is 0. The maximum absolute atomic E-state index is 13.2. The van der Waals surface area contributed by atoms with Gasteiger partial charge < -0.3 is 9.73 Å². The molecule has 1 aromatic carbocycles. The zero-order valence-corrected chi connectivity index (χ0v) is 11.9. The van der Waals surface area contributed by atoms with Gasteiger partial charge in [0.1, 0.15) is 17.2 Å². The molecule has 0 saturated heterocycles. The molecule has 2 rings (SSSR count). The average molecular weight is 263 g/mol. The molecule has 2 atom stereocenters. The van der Waals surface area contributed by atoms with Gasteiger partial charge in [-0.15, -0.1) is 0 Å². The van der Waals surface area contributed by atoms with Gasteiger partial charge in [-0.2, -0.15) is 0 Å². The van der Waals surface area contributed by atoms with Crippen LogP contribution in [-0.2, 0) is 0 Å². The third-order valence-electron chi connectivity index (χ3n) is 3.63. The molecular weight excluding hydrogens is 241 g/mol. The Kier molecular flexibility index (Phi) is 4.59. The van der Waals surface area contributed by atoms with Crippen molar-refractivity contribution in [3.8, 4) is 0 Å². The lowest BCUT2D eigenvalue weighted by Gasteiger charge is -2.18. The second kappa shape index (κ2) is 6.20. The van der Waals surface area contributed by atoms with Crippen molar-refractivity contribution >= 4 is 11.0 Å². The molecule has 0 bridgehead atoms. The summed E-state index contributed by atoms with van der Waals surface area (Å²) < 4.78 is 19.1. The Bertz CT molecular complexity index is 535. The molecule has 2 unspecified atom stereocenters. The fourth-order valence-electron chi connectivity index (χ4n) is 2.32. The molecule has 0 aliphatic heterocycles. The number of nitrogens with one attached hydrogen (secondary N) is 1. The Hall–Kier alpha value is -1.35. The van der Waals surface area contributed by atoms with Gasteiger partial charge in [0.05, 0.1) is 6.04 Å². The number of benzene rings is 1. The monoisotopic (exact) mass is 263 g/mol. The van der Waals surface area contributed by atoms with Crippen molar-refractivity contribution in [3.63, 3.8) is 0 Å². The van der Waals surface area contributed by atoms with Gasteiger partial charge in [0.25, 0.3) is 0 Å². The van der Waals surface area contributed by atoms with E-state index in [9.17, 15) is 4.39 Å². The molecule has 2 nitrogen and oxygen atoms in total. The van der Waals surface area contributed by atoms with E-state index in [4.69, 9.17) is 4.42 Å². The van der Waals surface area contributed by atoms with E-state index in [1.165, 1.54) is 12.1 Å². The van der Waals surface area contributed by atoms with Crippen molar-refractivity contribution in [2.45, 2.75) is 39.7 Å². The van der Waals surface area contributed by atoms with Crippen LogP contribution in [0.3, 0.4) is 0 Å². The van der Waals surface area contributed by atoms with E-state index in [0.717, 1.165) is 36.1 Å². The summed E-state index contributed by atoms with van der Waals surface area (Å²) in [5.74, 6) is 1.32. The standard InChI is InChI=1S/C16H22FNO/c1-4-11(3)8-14(18-5-2)16-10-12-9-13(17)6-7-15(12)19-16/h6-7,9-11,14,18H,4-5,8H2,1-3H3. The van der Waals surface area contributed by atoms with Crippen LogP contribution in [0.1, 0.15) is 45.4 Å². The molecule has 19 heavy (non-hydrogen) atoms. The Morgan fingerprint density at radius 1 is 1.26 bits per heavy atom. The minimum absolute atomic E-state index is 0.204. The first-order chi connectivity index (χ1) is 9.13. The molecule has 0 aliphatic carbocycles. The second-order valence-corrected chi connectivity index (χ2v) is 5.19. The minimum atomic E-state index is -0.221. The number of fused-ring (bicyclic) bond motifs is 1. The molecule has 0 spiro atoms. The lowest BCUT2D eigenvalue weighted by molar-refractivity contribution is 0.359. The number of rotatable bonds is 6. The normalized spacial score (nSPS) is 14.7. The highest BCUT2D eigenvalue weighted by Crippen LogP contribution is 2.29. The van der Waals surface area contributed by atoms with Crippen molar-refractivity contribution in [1.29, 1.82) is 0 Å². The van der Waals surface area contributed by atoms with Crippen LogP contribution >= 0.6 is 0 Å². The molecule has 1 heterocycles. The lowest BCUT2D eigenvalue weighted by atomic mass is 9.97. The predicted molar refractivity (Wildman–Crippen MR) is 76.7 cm³/mol. The molecule has 0 amide bonds. The number of hydrogen-bond donors (Lipinski definition) is 1. The summed E-state index contributed by atoms with van der Waals surface area (Å²) in [5.41, 5.74) is 0.753. The van der Waals surface area contributed by atoms with Crippen molar-refractivity contribution in [3.05, 3.63) is 35.8 Å². The largest absolute Gasteiger partial charge is 0.459 e. The van der Waals surface area contributed by atoms with E-state index in [1.807, 2.05) is 6.07 Å². The van der Waals surface area contributed by atoms with E-state index >= 15 is 0 Å². The molecule has 0 aliphatic rings. The summed E-state index contributed by atoms with van der Waals surface area (Å²) in [6.07, 6.45) is 2.18. The maximum Gasteiger partial charge on any atom is 0.134 e. The zero-order valence-electron chi connectivity index (χ0n) is 11.9. The van der Waals surface area contributed by atoms with Gasteiger partial charge in [-0.05, 0) is 43.1 Å². The van der Waals surface area contributed by atoms with Crippen LogP contribution in [0.25, 0.3) is 11.0 Å². The number of halogens is 1. The molecular formula is C16H22FNO. The maximum atomic E-state index is 13.2. The van der Waals surface area contributed by atoms with Gasteiger partial charge in [0, 0.05) is 5.39 Å². The second-order valence-electron chi connectivity index (χ2n) is 5.19. The molecule has 1 N–H and O–H groups in total. The van der Waals surface area contributed by atoms with E-state index < -0.39 is 0 Å². The van der Waals surface area contributed by atoms with E-state index in [2.05, 4.69) is 26.1 Å². The molecule has 3 heteroatoms. The van der Waals surface area contributed by atoms with E-state index in [-0.39, 0.29) is 11.9 Å². The van der Waals surface area contributed by atoms with Crippen molar-refractivity contribution < 1.29 is 8.81 Å². The Morgan fingerprint density at radius 2 is 2.05 bits per heavy atom. The summed E-state index contributed by atoms with van der Waals surface area (Å²) in [7, 11) is 0. The average Bonchev–Trinajstić information content (AvgIpc) is 2.80. The Labute approximate surface area is 114 Å². The predicted octanol–water partition coefficient (Wildman–Crippen LogP) is 4.66. The fraction of sp³-hybridized carbons (Fsp3) is 0.500. The van der Waals surface area contributed by atoms with Gasteiger partial charge in [0.2, 0.25) is 0 Å². The van der Waals surface area contributed by atoms with Crippen molar-refractivity contribution in [2.75, 3.05) is 6.54 Å². The van der Waals surface area contributed by atoms with Gasteiger partial charge in [0.15, 0.2) is 0 Å². The van der Waals surface area contributed by atoms with Crippen molar-refractivity contribution in [1.82, 2.24) is 5.32 Å². The molecule has 0 saturated carbocycles. The van der Waals surface area contributed by atoms with Crippen molar-refractivity contribution in [2.24, 2.45) is 5.92 Å². The highest BCUT2D eigenvalue weighted by atomic mass is 19.1. The smallest absolute Gasteiger partial charge is 0.134 e. The van der Waals surface area contributed by atoms with Crippen LogP contribution < -0.4 is 5.32 Å². The van der Waals surface area contributed by atoms with E-state index in [1.54, 1.807) is 6.07 Å². The fourth-order valence-corrected chi connectivity index (χ4v) is 2.32. The van der Waals surface area contributed by atoms with Gasteiger partial charge >= 0.3 is 0 Å². The molecule has 2 aromatic rings. The summed E-state index contributed by atoms with van der Waals surface area (Å²) in [6.45, 7) is 7.42. The zero-order chi connectivity index (χ0) is 13.8. The summed E-state index contributed by atoms with van der Waals surface area (Å²) in [4.78, 5) is 0. The van der Waals surface area contributed by atoms with Crippen LogP contribution in [0.15, 0.2) is 28.7 Å². The third-order valence-corrected chi connectivity index (χ3v) is 3.63. The van der Waals surface area contributed by atoms with Gasteiger partial charge in [-0.3, -0.25) is 0 Å². The lowest BCUT2D eigenvalue weighted by Crippen LogP contribution is -2.22. The molecule has 1 aromatic heterocycles. The SMILES string of the molecule is CCNC(CC(C)CC)c1cc2cc(F)ccc2o1. The minimum Gasteiger partial charge on any atom is -0.459 e. The number of furan rings is 1. The van der Waals surface area contributed by atoms with Crippen LogP contribution in [0.2, 0.25) is 0 Å².